The Hall–Kier alpha value is -3.58. The summed E-state index contributed by atoms with van der Waals surface area (Å²) in [4.78, 5) is 39.6. The molecule has 4 rings (SSSR count). The minimum absolute atomic E-state index is 0.318. The number of aryl methyl sites for hydroxylation is 4. The van der Waals surface area contributed by atoms with Gasteiger partial charge in [-0.25, -0.2) is 0 Å². The molecule has 2 heterocycles. The second-order valence-electron chi connectivity index (χ2n) is 8.73. The Bertz CT molecular complexity index is 1350. The second kappa shape index (κ2) is 9.96. The Kier molecular flexibility index (Phi) is 6.98. The monoisotopic (exact) mass is 487 g/mol. The van der Waals surface area contributed by atoms with Crippen molar-refractivity contribution < 1.29 is 14.4 Å². The van der Waals surface area contributed by atoms with Gasteiger partial charge < -0.3 is 9.88 Å². The van der Waals surface area contributed by atoms with E-state index in [4.69, 9.17) is 0 Å². The number of amides is 3. The fraction of sp³-hybridized carbons (Fsp3) is 0.250. The normalized spacial score (nSPS) is 14.8. The Morgan fingerprint density at radius 2 is 1.69 bits per heavy atom. The molecule has 0 aliphatic carbocycles. The van der Waals surface area contributed by atoms with Gasteiger partial charge in [0.15, 0.2) is 0 Å². The third kappa shape index (κ3) is 4.82. The summed E-state index contributed by atoms with van der Waals surface area (Å²) in [5.74, 6) is -0.851. The van der Waals surface area contributed by atoms with Crippen LogP contribution in [0.15, 0.2) is 53.4 Å². The first-order valence-electron chi connectivity index (χ1n) is 11.6. The fourth-order valence-electron chi connectivity index (χ4n) is 4.44. The van der Waals surface area contributed by atoms with Crippen LogP contribution in [0.25, 0.3) is 11.8 Å². The van der Waals surface area contributed by atoms with Crippen molar-refractivity contribution in [3.05, 3.63) is 87.1 Å². The number of thioether (sulfide) groups is 1. The molecule has 6 nitrogen and oxygen atoms in total. The van der Waals surface area contributed by atoms with Gasteiger partial charge in [0.25, 0.3) is 11.1 Å². The number of para-hydroxylation sites is 2. The number of nitrogens with zero attached hydrogens (tertiary/aromatic N) is 2. The van der Waals surface area contributed by atoms with E-state index in [1.54, 1.807) is 6.08 Å². The molecule has 0 spiro atoms. The Labute approximate surface area is 210 Å². The third-order valence-corrected chi connectivity index (χ3v) is 7.20. The van der Waals surface area contributed by atoms with Crippen LogP contribution in [0.4, 0.5) is 10.5 Å². The minimum atomic E-state index is -0.449. The van der Waals surface area contributed by atoms with Crippen LogP contribution < -0.4 is 5.32 Å². The van der Waals surface area contributed by atoms with Gasteiger partial charge in [-0.2, -0.15) is 0 Å². The molecule has 3 aromatic rings. The topological polar surface area (TPSA) is 71.4 Å². The SMILES string of the molecule is CCc1ccccc1-n1c(C)cc(/C=C2/SC(=O)N(CC(=O)Nc3c(C)cccc3C)C2=O)c1C. The van der Waals surface area contributed by atoms with Crippen molar-refractivity contribution in [3.8, 4) is 5.69 Å². The summed E-state index contributed by atoms with van der Waals surface area (Å²) in [7, 11) is 0. The molecule has 1 saturated heterocycles. The van der Waals surface area contributed by atoms with E-state index in [-0.39, 0.29) is 6.54 Å². The van der Waals surface area contributed by atoms with E-state index in [1.165, 1.54) is 5.56 Å². The van der Waals surface area contributed by atoms with E-state index < -0.39 is 17.1 Å². The van der Waals surface area contributed by atoms with E-state index in [9.17, 15) is 14.4 Å². The van der Waals surface area contributed by atoms with Crippen molar-refractivity contribution in [3.63, 3.8) is 0 Å². The first kappa shape index (κ1) is 24.5. The zero-order valence-electron chi connectivity index (χ0n) is 20.6. The molecular formula is C28H29N3O3S. The highest BCUT2D eigenvalue weighted by atomic mass is 32.2. The van der Waals surface area contributed by atoms with E-state index in [0.29, 0.717) is 10.6 Å². The number of nitrogens with one attached hydrogen (secondary N) is 1. The maximum absolute atomic E-state index is 13.0. The van der Waals surface area contributed by atoms with Gasteiger partial charge in [-0.3, -0.25) is 19.3 Å². The van der Waals surface area contributed by atoms with Crippen molar-refractivity contribution in [2.24, 2.45) is 0 Å². The minimum Gasteiger partial charge on any atom is -0.324 e. The van der Waals surface area contributed by atoms with E-state index >= 15 is 0 Å². The van der Waals surface area contributed by atoms with E-state index in [0.717, 1.165) is 56.8 Å². The van der Waals surface area contributed by atoms with E-state index in [2.05, 4.69) is 28.9 Å². The molecule has 1 aromatic heterocycles. The predicted octanol–water partition coefficient (Wildman–Crippen LogP) is 5.95. The first-order valence-corrected chi connectivity index (χ1v) is 12.4. The van der Waals surface area contributed by atoms with Gasteiger partial charge in [0, 0.05) is 22.8 Å². The van der Waals surface area contributed by atoms with Crippen molar-refractivity contribution in [2.75, 3.05) is 11.9 Å². The summed E-state index contributed by atoms with van der Waals surface area (Å²) < 4.78 is 2.17. The molecule has 1 fully saturated rings. The summed E-state index contributed by atoms with van der Waals surface area (Å²) in [6.45, 7) is 9.65. The number of hydrogen-bond donors (Lipinski definition) is 1. The molecule has 0 atom stereocenters. The van der Waals surface area contributed by atoms with Gasteiger partial charge >= 0.3 is 0 Å². The summed E-state index contributed by atoms with van der Waals surface area (Å²) in [5, 5.41) is 2.40. The number of rotatable bonds is 6. The van der Waals surface area contributed by atoms with Crippen LogP contribution in [0.5, 0.6) is 0 Å². The van der Waals surface area contributed by atoms with Crippen LogP contribution >= 0.6 is 11.8 Å². The number of aromatic nitrogens is 1. The lowest BCUT2D eigenvalue weighted by atomic mass is 10.1. The predicted molar refractivity (Wildman–Crippen MR) is 142 cm³/mol. The lowest BCUT2D eigenvalue weighted by molar-refractivity contribution is -0.127. The number of carbonyl (C=O) groups is 3. The standard InChI is InChI=1S/C28H29N3O3S/c1-6-21-12-7-8-13-23(21)31-19(4)14-22(20(31)5)15-24-27(33)30(28(34)35-24)16-25(32)29-26-17(2)10-9-11-18(26)3/h7-15H,6,16H2,1-5H3,(H,29,32)/b24-15+. The molecule has 0 unspecified atom stereocenters. The van der Waals surface area contributed by atoms with Crippen LogP contribution in [0.3, 0.4) is 0 Å². The molecule has 2 aromatic carbocycles. The maximum atomic E-state index is 13.0. The summed E-state index contributed by atoms with van der Waals surface area (Å²) in [5.41, 5.74) is 7.81. The van der Waals surface area contributed by atoms with Crippen LogP contribution in [0.2, 0.25) is 0 Å². The van der Waals surface area contributed by atoms with Crippen molar-refractivity contribution in [1.82, 2.24) is 9.47 Å². The highest BCUT2D eigenvalue weighted by Crippen LogP contribution is 2.34. The second-order valence-corrected chi connectivity index (χ2v) is 9.72. The quantitative estimate of drug-likeness (QED) is 0.436. The molecule has 1 N–H and O–H groups in total. The third-order valence-electron chi connectivity index (χ3n) is 6.29. The molecule has 35 heavy (non-hydrogen) atoms. The lowest BCUT2D eigenvalue weighted by Crippen LogP contribution is -2.36. The van der Waals surface area contributed by atoms with Crippen LogP contribution in [0, 0.1) is 27.7 Å². The summed E-state index contributed by atoms with van der Waals surface area (Å²) in [6.07, 6.45) is 2.66. The molecule has 1 aliphatic heterocycles. The van der Waals surface area contributed by atoms with Gasteiger partial charge in [0.1, 0.15) is 6.54 Å². The molecule has 0 bridgehead atoms. The average Bonchev–Trinajstić information content (AvgIpc) is 3.25. The number of imide groups is 1. The van der Waals surface area contributed by atoms with Crippen LogP contribution in [-0.4, -0.2) is 33.1 Å². The lowest BCUT2D eigenvalue weighted by Gasteiger charge is -2.15. The first-order chi connectivity index (χ1) is 16.7. The van der Waals surface area contributed by atoms with Crippen molar-refractivity contribution >= 4 is 40.6 Å². The zero-order valence-corrected chi connectivity index (χ0v) is 21.5. The van der Waals surface area contributed by atoms with Crippen LogP contribution in [-0.2, 0) is 16.0 Å². The zero-order chi connectivity index (χ0) is 25.3. The van der Waals surface area contributed by atoms with Gasteiger partial charge in [-0.05, 0) is 86.3 Å². The molecule has 3 amide bonds. The smallest absolute Gasteiger partial charge is 0.294 e. The molecule has 7 heteroatoms. The Balaban J connectivity index is 1.56. The largest absolute Gasteiger partial charge is 0.324 e. The Morgan fingerprint density at radius 3 is 2.37 bits per heavy atom. The van der Waals surface area contributed by atoms with Crippen LogP contribution in [0.1, 0.15) is 40.6 Å². The van der Waals surface area contributed by atoms with Crippen molar-refractivity contribution in [2.45, 2.75) is 41.0 Å². The number of anilines is 1. The summed E-state index contributed by atoms with van der Waals surface area (Å²) >= 11 is 0.868. The van der Waals surface area contributed by atoms with Gasteiger partial charge in [0.2, 0.25) is 5.91 Å². The Morgan fingerprint density at radius 1 is 1.00 bits per heavy atom. The number of benzene rings is 2. The molecule has 0 saturated carbocycles. The summed E-state index contributed by atoms with van der Waals surface area (Å²) in [6, 6.07) is 16.0. The van der Waals surface area contributed by atoms with Gasteiger partial charge in [-0.15, -0.1) is 0 Å². The van der Waals surface area contributed by atoms with E-state index in [1.807, 2.05) is 64.1 Å². The molecular weight excluding hydrogens is 458 g/mol. The number of hydrogen-bond acceptors (Lipinski definition) is 4. The van der Waals surface area contributed by atoms with Gasteiger partial charge in [0.05, 0.1) is 4.91 Å². The molecule has 1 aliphatic rings. The number of carbonyl (C=O) groups excluding carboxylic acids is 3. The molecule has 0 radical (unpaired) electrons. The maximum Gasteiger partial charge on any atom is 0.294 e. The average molecular weight is 488 g/mol. The van der Waals surface area contributed by atoms with Crippen molar-refractivity contribution in [1.29, 1.82) is 0 Å². The highest BCUT2D eigenvalue weighted by molar-refractivity contribution is 8.18. The molecule has 180 valence electrons. The fourth-order valence-corrected chi connectivity index (χ4v) is 5.27. The highest BCUT2D eigenvalue weighted by Gasteiger charge is 2.36. The van der Waals surface area contributed by atoms with Gasteiger partial charge in [-0.1, -0.05) is 43.3 Å².